The molecular weight excluding hydrogens is 358 g/mol. The van der Waals surface area contributed by atoms with Crippen molar-refractivity contribution < 1.29 is 22.1 Å². The molecule has 0 radical (unpaired) electrons. The number of nitrogens with one attached hydrogen (secondary N) is 2. The number of nitrogens with zero attached hydrogens (tertiary/aromatic N) is 1. The molecule has 0 aromatic heterocycles. The molecule has 144 valence electrons. The highest BCUT2D eigenvalue weighted by atomic mass is 32.2. The van der Waals surface area contributed by atoms with Crippen LogP contribution in [0.5, 0.6) is 0 Å². The number of hydrogen-bond donors (Lipinski definition) is 2. The van der Waals surface area contributed by atoms with Gasteiger partial charge in [0.05, 0.1) is 12.9 Å². The predicted octanol–water partition coefficient (Wildman–Crippen LogP) is 1.93. The van der Waals surface area contributed by atoms with E-state index in [1.54, 1.807) is 4.90 Å². The van der Waals surface area contributed by atoms with E-state index in [1.165, 1.54) is 0 Å². The third-order valence-electron chi connectivity index (χ3n) is 4.19. The smallest absolute Gasteiger partial charge is 0.414 e. The van der Waals surface area contributed by atoms with E-state index in [2.05, 4.69) is 5.32 Å². The Bertz CT molecular complexity index is 700. The molecule has 0 bridgehead atoms. The fourth-order valence-corrected chi connectivity index (χ4v) is 3.15. The molecule has 26 heavy (non-hydrogen) atoms. The van der Waals surface area contributed by atoms with Gasteiger partial charge in [0.2, 0.25) is 5.96 Å². The normalized spacial score (nSPS) is 15.5. The van der Waals surface area contributed by atoms with Crippen LogP contribution in [-0.2, 0) is 25.6 Å². The van der Waals surface area contributed by atoms with E-state index in [9.17, 15) is 13.2 Å². The molecule has 1 amide bonds. The summed E-state index contributed by atoms with van der Waals surface area (Å²) >= 11 is 0. The van der Waals surface area contributed by atoms with Crippen LogP contribution in [-0.4, -0.2) is 51.3 Å². The van der Waals surface area contributed by atoms with Crippen molar-refractivity contribution in [3.63, 3.8) is 0 Å². The first kappa shape index (κ1) is 20.2. The Balaban J connectivity index is 1.65. The number of benzene rings is 1. The second kappa shape index (κ2) is 9.54. The van der Waals surface area contributed by atoms with E-state index in [0.717, 1.165) is 24.7 Å². The second-order valence-electron chi connectivity index (χ2n) is 6.28. The topological polar surface area (TPSA) is 109 Å². The molecule has 0 unspecified atom stereocenters. The molecule has 2 N–H and O–H groups in total. The Morgan fingerprint density at radius 1 is 1.27 bits per heavy atom. The fraction of sp³-hybridized carbons (Fsp3) is 0.529. The molecule has 1 aromatic rings. The maximum absolute atomic E-state index is 11.8. The standard InChI is InChI=1S/C17H25N3O5S/c1-26(22,23)25-12-9-14-7-10-20(11-8-14)16(18)19-17(21)24-13-15-5-3-2-4-6-15/h2-6,14H,7-13H2,1H3,(H2,18,19,21). The van der Waals surface area contributed by atoms with E-state index < -0.39 is 16.2 Å². The Morgan fingerprint density at radius 2 is 1.92 bits per heavy atom. The summed E-state index contributed by atoms with van der Waals surface area (Å²) in [5, 5.41) is 10.4. The van der Waals surface area contributed by atoms with Crippen LogP contribution in [0.3, 0.4) is 0 Å². The minimum atomic E-state index is -3.39. The molecule has 1 aliphatic heterocycles. The highest BCUT2D eigenvalue weighted by Crippen LogP contribution is 2.20. The summed E-state index contributed by atoms with van der Waals surface area (Å²) in [4.78, 5) is 13.6. The van der Waals surface area contributed by atoms with Crippen LogP contribution in [0.4, 0.5) is 4.79 Å². The van der Waals surface area contributed by atoms with Crippen molar-refractivity contribution in [2.75, 3.05) is 26.0 Å². The first-order valence-corrected chi connectivity index (χ1v) is 10.3. The predicted molar refractivity (Wildman–Crippen MR) is 97.2 cm³/mol. The van der Waals surface area contributed by atoms with Crippen molar-refractivity contribution in [3.8, 4) is 0 Å². The Hall–Kier alpha value is -2.13. The molecule has 0 spiro atoms. The van der Waals surface area contributed by atoms with Gasteiger partial charge in [0, 0.05) is 13.1 Å². The van der Waals surface area contributed by atoms with Crippen LogP contribution in [0, 0.1) is 11.3 Å². The molecule has 0 aliphatic carbocycles. The van der Waals surface area contributed by atoms with Crippen LogP contribution >= 0.6 is 0 Å². The van der Waals surface area contributed by atoms with Gasteiger partial charge < -0.3 is 9.64 Å². The van der Waals surface area contributed by atoms with E-state index in [4.69, 9.17) is 14.3 Å². The first-order chi connectivity index (χ1) is 12.3. The summed E-state index contributed by atoms with van der Waals surface area (Å²) in [6, 6.07) is 9.33. The highest BCUT2D eigenvalue weighted by Gasteiger charge is 2.22. The summed E-state index contributed by atoms with van der Waals surface area (Å²) in [5.74, 6) is 0.375. The molecular formula is C17H25N3O5S. The van der Waals surface area contributed by atoms with Crippen molar-refractivity contribution in [1.82, 2.24) is 10.2 Å². The van der Waals surface area contributed by atoms with Gasteiger partial charge in [0.15, 0.2) is 0 Å². The number of piperidine rings is 1. The van der Waals surface area contributed by atoms with Gasteiger partial charge in [-0.05, 0) is 30.7 Å². The second-order valence-corrected chi connectivity index (χ2v) is 7.92. The Kier molecular flexibility index (Phi) is 7.40. The number of amides is 1. The van der Waals surface area contributed by atoms with Crippen LogP contribution in [0.2, 0.25) is 0 Å². The number of carbonyl (C=O) groups is 1. The molecule has 0 saturated carbocycles. The Labute approximate surface area is 154 Å². The van der Waals surface area contributed by atoms with E-state index in [-0.39, 0.29) is 19.2 Å². The van der Waals surface area contributed by atoms with Crippen molar-refractivity contribution in [2.45, 2.75) is 25.9 Å². The van der Waals surface area contributed by atoms with Gasteiger partial charge >= 0.3 is 6.09 Å². The average Bonchev–Trinajstić information content (AvgIpc) is 2.60. The number of likely N-dealkylation sites (tertiary alicyclic amines) is 1. The molecule has 2 rings (SSSR count). The molecule has 9 heteroatoms. The lowest BCUT2D eigenvalue weighted by molar-refractivity contribution is 0.142. The largest absolute Gasteiger partial charge is 0.444 e. The summed E-state index contributed by atoms with van der Waals surface area (Å²) < 4.78 is 31.8. The van der Waals surface area contributed by atoms with E-state index in [1.807, 2.05) is 30.3 Å². The number of alkyl carbamates (subject to hydrolysis) is 1. The summed E-state index contributed by atoms with van der Waals surface area (Å²) in [5.41, 5.74) is 0.881. The number of hydrogen-bond acceptors (Lipinski definition) is 6. The van der Waals surface area contributed by atoms with Gasteiger partial charge in [0.25, 0.3) is 10.1 Å². The summed E-state index contributed by atoms with van der Waals surface area (Å²) in [6.07, 6.45) is 2.69. The zero-order valence-electron chi connectivity index (χ0n) is 14.8. The van der Waals surface area contributed by atoms with E-state index >= 15 is 0 Å². The van der Waals surface area contributed by atoms with E-state index in [0.29, 0.717) is 25.4 Å². The number of carbonyl (C=O) groups excluding carboxylic acids is 1. The van der Waals surface area contributed by atoms with Crippen LogP contribution in [0.15, 0.2) is 30.3 Å². The van der Waals surface area contributed by atoms with Gasteiger partial charge in [-0.25, -0.2) is 4.79 Å². The molecule has 8 nitrogen and oxygen atoms in total. The quantitative estimate of drug-likeness (QED) is 0.441. The monoisotopic (exact) mass is 383 g/mol. The number of rotatable bonds is 6. The van der Waals surface area contributed by atoms with Gasteiger partial charge in [-0.3, -0.25) is 14.9 Å². The zero-order valence-corrected chi connectivity index (χ0v) is 15.6. The van der Waals surface area contributed by atoms with Crippen LogP contribution < -0.4 is 5.32 Å². The van der Waals surface area contributed by atoms with Crippen molar-refractivity contribution in [1.29, 1.82) is 5.41 Å². The molecule has 1 fully saturated rings. The van der Waals surface area contributed by atoms with Crippen molar-refractivity contribution >= 4 is 22.2 Å². The van der Waals surface area contributed by atoms with Crippen LogP contribution in [0.25, 0.3) is 0 Å². The van der Waals surface area contributed by atoms with Crippen molar-refractivity contribution in [2.24, 2.45) is 5.92 Å². The molecule has 1 aliphatic rings. The fourth-order valence-electron chi connectivity index (χ4n) is 2.75. The third kappa shape index (κ3) is 7.40. The van der Waals surface area contributed by atoms with Gasteiger partial charge in [-0.2, -0.15) is 8.42 Å². The van der Waals surface area contributed by atoms with Crippen molar-refractivity contribution in [3.05, 3.63) is 35.9 Å². The molecule has 0 atom stereocenters. The lowest BCUT2D eigenvalue weighted by atomic mass is 9.94. The molecule has 1 aromatic carbocycles. The maximum atomic E-state index is 11.8. The Morgan fingerprint density at radius 3 is 2.54 bits per heavy atom. The number of guanidine groups is 1. The number of ether oxygens (including phenoxy) is 1. The van der Waals surface area contributed by atoms with Gasteiger partial charge in [-0.15, -0.1) is 0 Å². The summed E-state index contributed by atoms with van der Waals surface area (Å²) in [7, 11) is -3.39. The lowest BCUT2D eigenvalue weighted by Gasteiger charge is -2.33. The van der Waals surface area contributed by atoms with Gasteiger partial charge in [0.1, 0.15) is 6.61 Å². The summed E-state index contributed by atoms with van der Waals surface area (Å²) in [6.45, 7) is 1.59. The zero-order chi connectivity index (χ0) is 19.0. The van der Waals surface area contributed by atoms with Gasteiger partial charge in [-0.1, -0.05) is 30.3 Å². The molecule has 1 heterocycles. The minimum absolute atomic E-state index is 0.0221. The average molecular weight is 383 g/mol. The van der Waals surface area contributed by atoms with Crippen LogP contribution in [0.1, 0.15) is 24.8 Å². The highest BCUT2D eigenvalue weighted by molar-refractivity contribution is 7.85. The SMILES string of the molecule is CS(=O)(=O)OCCC1CCN(C(=N)NC(=O)OCc2ccccc2)CC1. The first-order valence-electron chi connectivity index (χ1n) is 8.49. The third-order valence-corrected chi connectivity index (χ3v) is 4.78. The molecule has 1 saturated heterocycles. The maximum Gasteiger partial charge on any atom is 0.414 e. The lowest BCUT2D eigenvalue weighted by Crippen LogP contribution is -2.47. The minimum Gasteiger partial charge on any atom is -0.444 e.